The number of hydrogen-bond donors (Lipinski definition) is 3. The van der Waals surface area contributed by atoms with E-state index in [2.05, 4.69) is 34.4 Å². The second-order valence-electron chi connectivity index (χ2n) is 3.30. The topological polar surface area (TPSA) is 75.9 Å². The van der Waals surface area contributed by atoms with Crippen LogP contribution in [0.3, 0.4) is 0 Å². The van der Waals surface area contributed by atoms with Crippen LogP contribution in [0.25, 0.3) is 0 Å². The van der Waals surface area contributed by atoms with E-state index in [-0.39, 0.29) is 0 Å². The summed E-state index contributed by atoms with van der Waals surface area (Å²) in [6.45, 7) is 5.44. The third-order valence-electron chi connectivity index (χ3n) is 1.55. The molecule has 0 aliphatic carbocycles. The van der Waals surface area contributed by atoms with Crippen LogP contribution in [0.1, 0.15) is 13.8 Å². The molecular formula is C9H17N5. The van der Waals surface area contributed by atoms with E-state index in [1.807, 2.05) is 6.07 Å². The smallest absolute Gasteiger partial charge is 0.131 e. The molecule has 0 unspecified atom stereocenters. The predicted molar refractivity (Wildman–Crippen MR) is 58.3 cm³/mol. The Bertz CT molecular complexity index is 274. The molecule has 0 atom stereocenters. The van der Waals surface area contributed by atoms with Crippen LogP contribution >= 0.6 is 0 Å². The van der Waals surface area contributed by atoms with Crippen LogP contribution in [0, 0.1) is 0 Å². The normalized spacial score (nSPS) is 10.3. The summed E-state index contributed by atoms with van der Waals surface area (Å²) in [4.78, 5) is 8.16. The van der Waals surface area contributed by atoms with Gasteiger partial charge in [0.1, 0.15) is 18.0 Å². The number of nitrogens with one attached hydrogen (secondary N) is 2. The van der Waals surface area contributed by atoms with Crippen molar-refractivity contribution in [3.63, 3.8) is 0 Å². The summed E-state index contributed by atoms with van der Waals surface area (Å²) in [5.41, 5.74) is 5.37. The lowest BCUT2D eigenvalue weighted by Gasteiger charge is -2.10. The van der Waals surface area contributed by atoms with E-state index >= 15 is 0 Å². The summed E-state index contributed by atoms with van der Waals surface area (Å²) in [6, 6.07) is 2.24. The summed E-state index contributed by atoms with van der Waals surface area (Å²) in [6.07, 6.45) is 1.53. The Morgan fingerprint density at radius 3 is 2.71 bits per heavy atom. The fraction of sp³-hybridized carbons (Fsp3) is 0.556. The summed E-state index contributed by atoms with van der Waals surface area (Å²) < 4.78 is 0. The lowest BCUT2D eigenvalue weighted by atomic mass is 10.4. The molecule has 14 heavy (non-hydrogen) atoms. The Hall–Kier alpha value is -1.36. The van der Waals surface area contributed by atoms with Crippen LogP contribution in [0.2, 0.25) is 0 Å². The number of aromatic nitrogens is 2. The molecule has 0 fully saturated rings. The van der Waals surface area contributed by atoms with Gasteiger partial charge in [-0.2, -0.15) is 0 Å². The number of nitrogens with zero attached hydrogens (tertiary/aromatic N) is 2. The summed E-state index contributed by atoms with van der Waals surface area (Å²) in [7, 11) is 0. The monoisotopic (exact) mass is 195 g/mol. The first-order chi connectivity index (χ1) is 6.72. The maximum Gasteiger partial charge on any atom is 0.131 e. The molecule has 1 aromatic rings. The highest BCUT2D eigenvalue weighted by Crippen LogP contribution is 2.08. The van der Waals surface area contributed by atoms with Crippen molar-refractivity contribution in [2.45, 2.75) is 19.9 Å². The molecule has 0 aliphatic rings. The molecule has 1 rings (SSSR count). The molecular weight excluding hydrogens is 178 g/mol. The molecule has 0 radical (unpaired) electrons. The zero-order valence-electron chi connectivity index (χ0n) is 8.62. The molecule has 0 bridgehead atoms. The van der Waals surface area contributed by atoms with Crippen LogP contribution < -0.4 is 16.4 Å². The minimum absolute atomic E-state index is 0.368. The van der Waals surface area contributed by atoms with Gasteiger partial charge in [-0.1, -0.05) is 0 Å². The minimum atomic E-state index is 0.368. The Morgan fingerprint density at radius 2 is 2.07 bits per heavy atom. The lowest BCUT2D eigenvalue weighted by molar-refractivity contribution is 0.885. The van der Waals surface area contributed by atoms with Gasteiger partial charge in [0.25, 0.3) is 0 Å². The Labute approximate surface area is 84.1 Å². The molecule has 0 saturated carbocycles. The van der Waals surface area contributed by atoms with Gasteiger partial charge in [0.05, 0.1) is 0 Å². The van der Waals surface area contributed by atoms with Crippen LogP contribution in [-0.2, 0) is 0 Å². The fourth-order valence-electron chi connectivity index (χ4n) is 1.03. The van der Waals surface area contributed by atoms with Crippen molar-refractivity contribution in [2.24, 2.45) is 5.73 Å². The molecule has 78 valence electrons. The maximum absolute atomic E-state index is 5.37. The fourth-order valence-corrected chi connectivity index (χ4v) is 1.03. The first kappa shape index (κ1) is 10.7. The number of anilines is 2. The second kappa shape index (κ2) is 5.39. The molecule has 0 spiro atoms. The van der Waals surface area contributed by atoms with Crippen molar-refractivity contribution >= 4 is 11.6 Å². The van der Waals surface area contributed by atoms with E-state index in [0.29, 0.717) is 12.6 Å². The minimum Gasteiger partial charge on any atom is -0.369 e. The molecule has 1 heterocycles. The number of nitrogens with two attached hydrogens (primary N) is 1. The van der Waals surface area contributed by atoms with Gasteiger partial charge in [0, 0.05) is 25.2 Å². The Morgan fingerprint density at radius 1 is 1.36 bits per heavy atom. The Kier molecular flexibility index (Phi) is 4.12. The largest absolute Gasteiger partial charge is 0.369 e. The van der Waals surface area contributed by atoms with Gasteiger partial charge in [-0.15, -0.1) is 0 Å². The zero-order valence-corrected chi connectivity index (χ0v) is 8.62. The molecule has 1 aromatic heterocycles. The van der Waals surface area contributed by atoms with E-state index in [4.69, 9.17) is 5.73 Å². The molecule has 0 saturated heterocycles. The zero-order chi connectivity index (χ0) is 10.4. The first-order valence-electron chi connectivity index (χ1n) is 4.75. The maximum atomic E-state index is 5.37. The van der Waals surface area contributed by atoms with E-state index in [1.54, 1.807) is 0 Å². The van der Waals surface area contributed by atoms with Crippen molar-refractivity contribution in [1.82, 2.24) is 9.97 Å². The Balaban J connectivity index is 2.59. The summed E-state index contributed by atoms with van der Waals surface area (Å²) >= 11 is 0. The van der Waals surface area contributed by atoms with Gasteiger partial charge in [-0.05, 0) is 13.8 Å². The highest BCUT2D eigenvalue weighted by Gasteiger charge is 1.98. The van der Waals surface area contributed by atoms with Crippen molar-refractivity contribution < 1.29 is 0 Å². The predicted octanol–water partition coefficient (Wildman–Crippen LogP) is 0.667. The van der Waals surface area contributed by atoms with Crippen molar-refractivity contribution in [3.8, 4) is 0 Å². The average molecular weight is 195 g/mol. The van der Waals surface area contributed by atoms with Gasteiger partial charge in [0.2, 0.25) is 0 Å². The van der Waals surface area contributed by atoms with Gasteiger partial charge >= 0.3 is 0 Å². The average Bonchev–Trinajstić information content (AvgIpc) is 2.14. The van der Waals surface area contributed by atoms with Crippen LogP contribution in [0.4, 0.5) is 11.6 Å². The van der Waals surface area contributed by atoms with Gasteiger partial charge < -0.3 is 16.4 Å². The second-order valence-corrected chi connectivity index (χ2v) is 3.30. The number of hydrogen-bond acceptors (Lipinski definition) is 5. The van der Waals surface area contributed by atoms with Crippen LogP contribution in [-0.4, -0.2) is 29.1 Å². The quantitative estimate of drug-likeness (QED) is 0.643. The van der Waals surface area contributed by atoms with Crippen molar-refractivity contribution in [2.75, 3.05) is 23.7 Å². The standard InChI is InChI=1S/C9H17N5/c1-7(2)14-9-5-8(11-4-3-10)12-6-13-9/h5-7H,3-4,10H2,1-2H3,(H2,11,12,13,14). The molecule has 5 nitrogen and oxygen atoms in total. The van der Waals surface area contributed by atoms with E-state index < -0.39 is 0 Å². The van der Waals surface area contributed by atoms with Gasteiger partial charge in [-0.25, -0.2) is 9.97 Å². The van der Waals surface area contributed by atoms with Gasteiger partial charge in [-0.3, -0.25) is 0 Å². The highest BCUT2D eigenvalue weighted by atomic mass is 15.1. The summed E-state index contributed by atoms with van der Waals surface area (Å²) in [5, 5.41) is 6.29. The van der Waals surface area contributed by atoms with Crippen molar-refractivity contribution in [3.05, 3.63) is 12.4 Å². The molecule has 0 aliphatic heterocycles. The SMILES string of the molecule is CC(C)Nc1cc(NCCN)ncn1. The molecule has 4 N–H and O–H groups in total. The lowest BCUT2D eigenvalue weighted by Crippen LogP contribution is -2.15. The van der Waals surface area contributed by atoms with E-state index in [9.17, 15) is 0 Å². The third-order valence-corrected chi connectivity index (χ3v) is 1.55. The summed E-state index contributed by atoms with van der Waals surface area (Å²) in [5.74, 6) is 1.63. The third kappa shape index (κ3) is 3.57. The van der Waals surface area contributed by atoms with Crippen LogP contribution in [0.15, 0.2) is 12.4 Å². The molecule has 0 aromatic carbocycles. The molecule has 5 heteroatoms. The highest BCUT2D eigenvalue weighted by molar-refractivity contribution is 5.46. The van der Waals surface area contributed by atoms with Crippen molar-refractivity contribution in [1.29, 1.82) is 0 Å². The number of rotatable bonds is 5. The van der Waals surface area contributed by atoms with E-state index in [1.165, 1.54) is 6.33 Å². The van der Waals surface area contributed by atoms with Crippen LogP contribution in [0.5, 0.6) is 0 Å². The van der Waals surface area contributed by atoms with E-state index in [0.717, 1.165) is 18.2 Å². The van der Waals surface area contributed by atoms with Gasteiger partial charge in [0.15, 0.2) is 0 Å². The molecule has 0 amide bonds. The first-order valence-corrected chi connectivity index (χ1v) is 4.75.